The van der Waals surface area contributed by atoms with Gasteiger partial charge in [-0.3, -0.25) is 0 Å². The number of anilines is 3. The van der Waals surface area contributed by atoms with E-state index in [1.54, 1.807) is 11.3 Å². The highest BCUT2D eigenvalue weighted by Gasteiger charge is 2.16. The number of carbonyl (C=O) groups is 1. The number of amides is 1. The number of carbonyl (C=O) groups excluding carboxylic acids is 1. The Morgan fingerprint density at radius 2 is 2.32 bits per heavy atom. The standard InChI is InChI=1S/C12H12N6O3S/c1-20-12(19)18-11-15-7-8(14-4-6-2-3-22-5-6)16-10(13)17-9(7)21-11/h2-3,5H,4H2,1H3,(H,15,18,19)(H3,13,14,16,17). The van der Waals surface area contributed by atoms with E-state index in [9.17, 15) is 4.79 Å². The fourth-order valence-electron chi connectivity index (χ4n) is 1.73. The second-order valence-electron chi connectivity index (χ2n) is 4.20. The average Bonchev–Trinajstić information content (AvgIpc) is 3.13. The molecule has 0 aliphatic carbocycles. The van der Waals surface area contributed by atoms with Crippen molar-refractivity contribution in [1.29, 1.82) is 0 Å². The lowest BCUT2D eigenvalue weighted by molar-refractivity contribution is 0.186. The Morgan fingerprint density at radius 1 is 1.45 bits per heavy atom. The van der Waals surface area contributed by atoms with E-state index in [0.717, 1.165) is 5.56 Å². The van der Waals surface area contributed by atoms with Crippen LogP contribution in [0.4, 0.5) is 22.6 Å². The van der Waals surface area contributed by atoms with Gasteiger partial charge in [-0.25, -0.2) is 10.1 Å². The predicted octanol–water partition coefficient (Wildman–Crippen LogP) is 2.05. The molecule has 0 atom stereocenters. The molecule has 0 aliphatic heterocycles. The van der Waals surface area contributed by atoms with Crippen LogP contribution in [0.1, 0.15) is 5.56 Å². The van der Waals surface area contributed by atoms with Crippen molar-refractivity contribution in [2.45, 2.75) is 6.54 Å². The average molecular weight is 320 g/mol. The summed E-state index contributed by atoms with van der Waals surface area (Å²) in [6.45, 7) is 0.557. The van der Waals surface area contributed by atoms with Crippen LogP contribution in [-0.4, -0.2) is 28.2 Å². The third kappa shape index (κ3) is 2.91. The number of nitrogen functional groups attached to an aromatic ring is 1. The number of methoxy groups -OCH3 is 1. The van der Waals surface area contributed by atoms with Gasteiger partial charge in [-0.2, -0.15) is 26.3 Å². The van der Waals surface area contributed by atoms with Gasteiger partial charge in [-0.1, -0.05) is 0 Å². The number of hydrogen-bond acceptors (Lipinski definition) is 9. The van der Waals surface area contributed by atoms with E-state index in [2.05, 4.69) is 30.3 Å². The summed E-state index contributed by atoms with van der Waals surface area (Å²) in [5.74, 6) is 0.469. The van der Waals surface area contributed by atoms with E-state index in [1.165, 1.54) is 7.11 Å². The molecule has 22 heavy (non-hydrogen) atoms. The summed E-state index contributed by atoms with van der Waals surface area (Å²) in [5.41, 5.74) is 7.30. The molecular formula is C12H12N6O3S. The summed E-state index contributed by atoms with van der Waals surface area (Å²) in [4.78, 5) is 23.4. The molecule has 0 spiro atoms. The molecule has 1 amide bonds. The first-order chi connectivity index (χ1) is 10.7. The quantitative estimate of drug-likeness (QED) is 0.666. The highest BCUT2D eigenvalue weighted by molar-refractivity contribution is 7.07. The van der Waals surface area contributed by atoms with Crippen LogP contribution in [-0.2, 0) is 11.3 Å². The minimum Gasteiger partial charge on any atom is -0.453 e. The molecular weight excluding hydrogens is 308 g/mol. The van der Waals surface area contributed by atoms with Gasteiger partial charge in [0.15, 0.2) is 11.3 Å². The van der Waals surface area contributed by atoms with Crippen LogP contribution >= 0.6 is 11.3 Å². The number of oxazole rings is 1. The Kier molecular flexibility index (Phi) is 3.74. The van der Waals surface area contributed by atoms with E-state index in [-0.39, 0.29) is 17.7 Å². The minimum absolute atomic E-state index is 0.0414. The van der Waals surface area contributed by atoms with Crippen molar-refractivity contribution in [3.8, 4) is 0 Å². The fourth-order valence-corrected chi connectivity index (χ4v) is 2.40. The summed E-state index contributed by atoms with van der Waals surface area (Å²) >= 11 is 1.60. The lowest BCUT2D eigenvalue weighted by Crippen LogP contribution is -2.10. The van der Waals surface area contributed by atoms with Crippen LogP contribution in [0.15, 0.2) is 21.2 Å². The van der Waals surface area contributed by atoms with Gasteiger partial charge in [-0.05, 0) is 22.4 Å². The Labute approximate surface area is 128 Å². The third-order valence-corrected chi connectivity index (χ3v) is 3.44. The zero-order chi connectivity index (χ0) is 15.5. The zero-order valence-corrected chi connectivity index (χ0v) is 12.3. The number of thiophene rings is 1. The molecule has 3 heterocycles. The predicted molar refractivity (Wildman–Crippen MR) is 81.7 cm³/mol. The molecule has 10 heteroatoms. The summed E-state index contributed by atoms with van der Waals surface area (Å²) in [7, 11) is 1.24. The van der Waals surface area contributed by atoms with Crippen LogP contribution in [0.2, 0.25) is 0 Å². The van der Waals surface area contributed by atoms with Gasteiger partial charge in [0.2, 0.25) is 5.95 Å². The van der Waals surface area contributed by atoms with Crippen molar-refractivity contribution in [2.75, 3.05) is 23.5 Å². The number of nitrogens with two attached hydrogens (primary N) is 1. The van der Waals surface area contributed by atoms with Gasteiger partial charge in [0, 0.05) is 6.54 Å². The number of nitrogens with one attached hydrogen (secondary N) is 2. The normalized spacial score (nSPS) is 10.6. The maximum absolute atomic E-state index is 11.2. The summed E-state index contributed by atoms with van der Waals surface area (Å²) < 4.78 is 9.78. The van der Waals surface area contributed by atoms with E-state index in [4.69, 9.17) is 10.2 Å². The summed E-state index contributed by atoms with van der Waals surface area (Å²) in [5, 5.41) is 9.44. The van der Waals surface area contributed by atoms with Crippen molar-refractivity contribution in [2.24, 2.45) is 0 Å². The maximum Gasteiger partial charge on any atom is 0.414 e. The van der Waals surface area contributed by atoms with Crippen molar-refractivity contribution < 1.29 is 13.9 Å². The molecule has 0 fully saturated rings. The Morgan fingerprint density at radius 3 is 3.05 bits per heavy atom. The molecule has 0 radical (unpaired) electrons. The molecule has 3 aromatic heterocycles. The van der Waals surface area contributed by atoms with Crippen molar-refractivity contribution >= 4 is 46.4 Å². The largest absolute Gasteiger partial charge is 0.453 e. The van der Waals surface area contributed by atoms with Gasteiger partial charge in [-0.15, -0.1) is 0 Å². The number of fused-ring (bicyclic) bond motifs is 1. The zero-order valence-electron chi connectivity index (χ0n) is 11.5. The topological polar surface area (TPSA) is 128 Å². The Hall–Kier alpha value is -2.88. The molecule has 9 nitrogen and oxygen atoms in total. The number of ether oxygens (including phenoxy) is 1. The van der Waals surface area contributed by atoms with Crippen LogP contribution in [0, 0.1) is 0 Å². The first kappa shape index (κ1) is 14.1. The smallest absolute Gasteiger partial charge is 0.414 e. The second kappa shape index (κ2) is 5.85. The Balaban J connectivity index is 1.89. The number of aromatic nitrogens is 3. The molecule has 0 saturated heterocycles. The summed E-state index contributed by atoms with van der Waals surface area (Å²) in [6.07, 6.45) is -0.694. The third-order valence-electron chi connectivity index (χ3n) is 2.71. The van der Waals surface area contributed by atoms with Crippen molar-refractivity contribution in [3.63, 3.8) is 0 Å². The maximum atomic E-state index is 11.2. The number of nitrogens with zero attached hydrogens (tertiary/aromatic N) is 3. The van der Waals surface area contributed by atoms with Crippen molar-refractivity contribution in [1.82, 2.24) is 15.0 Å². The van der Waals surface area contributed by atoms with E-state index >= 15 is 0 Å². The van der Waals surface area contributed by atoms with Gasteiger partial charge in [0.25, 0.3) is 5.71 Å². The monoisotopic (exact) mass is 320 g/mol. The first-order valence-corrected chi connectivity index (χ1v) is 7.14. The van der Waals surface area contributed by atoms with Gasteiger partial charge in [0.05, 0.1) is 7.11 Å². The molecule has 4 N–H and O–H groups in total. The highest BCUT2D eigenvalue weighted by Crippen LogP contribution is 2.24. The van der Waals surface area contributed by atoms with Gasteiger partial charge >= 0.3 is 12.1 Å². The number of rotatable bonds is 4. The first-order valence-electron chi connectivity index (χ1n) is 6.19. The van der Waals surface area contributed by atoms with Crippen LogP contribution < -0.4 is 16.4 Å². The molecule has 0 unspecified atom stereocenters. The SMILES string of the molecule is COC(=O)Nc1nc2c(NCc3ccsc3)nc(N)nc2o1. The van der Waals surface area contributed by atoms with Crippen molar-refractivity contribution in [3.05, 3.63) is 22.4 Å². The van der Waals surface area contributed by atoms with Gasteiger partial charge < -0.3 is 20.2 Å². The molecule has 114 valence electrons. The van der Waals surface area contributed by atoms with E-state index in [0.29, 0.717) is 17.9 Å². The molecule has 3 rings (SSSR count). The molecule has 0 bridgehead atoms. The van der Waals surface area contributed by atoms with Crippen LogP contribution in [0.5, 0.6) is 0 Å². The fraction of sp³-hybridized carbons (Fsp3) is 0.167. The highest BCUT2D eigenvalue weighted by atomic mass is 32.1. The lowest BCUT2D eigenvalue weighted by Gasteiger charge is -2.04. The minimum atomic E-state index is -0.694. The summed E-state index contributed by atoms with van der Waals surface area (Å²) in [6, 6.07) is 1.95. The van der Waals surface area contributed by atoms with Gasteiger partial charge in [0.1, 0.15) is 0 Å². The van der Waals surface area contributed by atoms with E-state index in [1.807, 2.05) is 16.8 Å². The second-order valence-corrected chi connectivity index (χ2v) is 4.98. The molecule has 0 aliphatic rings. The number of hydrogen-bond donors (Lipinski definition) is 3. The van der Waals surface area contributed by atoms with E-state index < -0.39 is 6.09 Å². The molecule has 0 saturated carbocycles. The molecule has 3 aromatic rings. The Bertz CT molecular complexity index is 801. The molecule has 0 aromatic carbocycles. The van der Waals surface area contributed by atoms with Crippen LogP contribution in [0.3, 0.4) is 0 Å². The van der Waals surface area contributed by atoms with Crippen LogP contribution in [0.25, 0.3) is 11.2 Å². The lowest BCUT2D eigenvalue weighted by atomic mass is 10.3.